The molecule has 0 aliphatic carbocycles. The monoisotopic (exact) mass is 269 g/mol. The number of ether oxygens (including phenoxy) is 1. The lowest BCUT2D eigenvalue weighted by molar-refractivity contribution is 0.0526. The van der Waals surface area contributed by atoms with Gasteiger partial charge in [0.2, 0.25) is 0 Å². The number of rotatable bonds is 3. The highest BCUT2D eigenvalue weighted by Gasteiger charge is 2.15. The van der Waals surface area contributed by atoms with E-state index >= 15 is 0 Å². The Morgan fingerprint density at radius 3 is 2.44 bits per heavy atom. The maximum atomic E-state index is 11.5. The minimum Gasteiger partial charge on any atom is -0.462 e. The molecule has 1 fully saturated rings. The van der Waals surface area contributed by atoms with Gasteiger partial charge < -0.3 is 10.1 Å². The van der Waals surface area contributed by atoms with Crippen LogP contribution in [0.25, 0.3) is 0 Å². The molecule has 0 radical (unpaired) electrons. The van der Waals surface area contributed by atoms with E-state index in [4.69, 9.17) is 4.74 Å². The highest BCUT2D eigenvalue weighted by Crippen LogP contribution is 2.25. The SMILES string of the molecule is CCOC(=O)c1ccc(C2CCNCC2)cc1.Cl. The molecule has 1 aliphatic rings. The van der Waals surface area contributed by atoms with Gasteiger partial charge in [0.05, 0.1) is 12.2 Å². The molecule has 0 unspecified atom stereocenters. The van der Waals surface area contributed by atoms with E-state index in [1.807, 2.05) is 19.1 Å². The summed E-state index contributed by atoms with van der Waals surface area (Å²) in [7, 11) is 0. The molecule has 1 aromatic rings. The number of halogens is 1. The number of carbonyl (C=O) groups is 1. The van der Waals surface area contributed by atoms with Crippen LogP contribution in [0, 0.1) is 0 Å². The van der Waals surface area contributed by atoms with Crippen LogP contribution in [0.5, 0.6) is 0 Å². The Balaban J connectivity index is 0.00000162. The molecule has 18 heavy (non-hydrogen) atoms. The lowest BCUT2D eigenvalue weighted by Crippen LogP contribution is -2.26. The summed E-state index contributed by atoms with van der Waals surface area (Å²) in [4.78, 5) is 11.5. The summed E-state index contributed by atoms with van der Waals surface area (Å²) in [6.07, 6.45) is 2.36. The van der Waals surface area contributed by atoms with Crippen molar-refractivity contribution in [3.05, 3.63) is 35.4 Å². The Kier molecular flexibility index (Phi) is 6.16. The average Bonchev–Trinajstić information content (AvgIpc) is 2.40. The Labute approximate surface area is 114 Å². The zero-order valence-electron chi connectivity index (χ0n) is 10.6. The minimum absolute atomic E-state index is 0. The third kappa shape index (κ3) is 3.72. The normalized spacial score (nSPS) is 15.8. The fourth-order valence-corrected chi connectivity index (χ4v) is 2.26. The van der Waals surface area contributed by atoms with Crippen molar-refractivity contribution in [1.29, 1.82) is 0 Å². The van der Waals surface area contributed by atoms with Gasteiger partial charge in [0, 0.05) is 0 Å². The van der Waals surface area contributed by atoms with Crippen LogP contribution < -0.4 is 5.32 Å². The van der Waals surface area contributed by atoms with E-state index in [1.54, 1.807) is 0 Å². The highest BCUT2D eigenvalue weighted by atomic mass is 35.5. The second kappa shape index (κ2) is 7.39. The second-order valence-electron chi connectivity index (χ2n) is 4.37. The Morgan fingerprint density at radius 1 is 1.28 bits per heavy atom. The summed E-state index contributed by atoms with van der Waals surface area (Å²) in [6, 6.07) is 7.86. The number of esters is 1. The van der Waals surface area contributed by atoms with Crippen LogP contribution in [0.15, 0.2) is 24.3 Å². The molecule has 2 rings (SSSR count). The van der Waals surface area contributed by atoms with Crippen LogP contribution in [0.2, 0.25) is 0 Å². The molecular weight excluding hydrogens is 250 g/mol. The molecule has 0 spiro atoms. The predicted molar refractivity (Wildman–Crippen MR) is 74.5 cm³/mol. The lowest BCUT2D eigenvalue weighted by atomic mass is 9.90. The number of carbonyl (C=O) groups excluding carboxylic acids is 1. The van der Waals surface area contributed by atoms with Crippen LogP contribution in [0.4, 0.5) is 0 Å². The van der Waals surface area contributed by atoms with E-state index < -0.39 is 0 Å². The zero-order chi connectivity index (χ0) is 12.1. The molecular formula is C14H20ClNO2. The first-order valence-corrected chi connectivity index (χ1v) is 6.29. The summed E-state index contributed by atoms with van der Waals surface area (Å²) in [5, 5.41) is 3.36. The van der Waals surface area contributed by atoms with Gasteiger partial charge in [-0.1, -0.05) is 12.1 Å². The third-order valence-electron chi connectivity index (χ3n) is 3.23. The number of nitrogens with one attached hydrogen (secondary N) is 1. The highest BCUT2D eigenvalue weighted by molar-refractivity contribution is 5.89. The van der Waals surface area contributed by atoms with Gasteiger partial charge in [-0.25, -0.2) is 4.79 Å². The van der Waals surface area contributed by atoms with E-state index in [0.29, 0.717) is 18.1 Å². The van der Waals surface area contributed by atoms with Crippen LogP contribution in [0.3, 0.4) is 0 Å². The summed E-state index contributed by atoms with van der Waals surface area (Å²) in [5.74, 6) is 0.400. The standard InChI is InChI=1S/C14H19NO2.ClH/c1-2-17-14(16)13-5-3-11(4-6-13)12-7-9-15-10-8-12;/h3-6,12,15H,2,7-10H2,1H3;1H. The van der Waals surface area contributed by atoms with Crippen LogP contribution in [-0.2, 0) is 4.74 Å². The molecule has 1 aliphatic heterocycles. The molecule has 1 heterocycles. The second-order valence-corrected chi connectivity index (χ2v) is 4.37. The maximum Gasteiger partial charge on any atom is 0.338 e. The van der Waals surface area contributed by atoms with E-state index in [0.717, 1.165) is 13.1 Å². The summed E-state index contributed by atoms with van der Waals surface area (Å²) in [6.45, 7) is 4.42. The maximum absolute atomic E-state index is 11.5. The van der Waals surface area contributed by atoms with Crippen molar-refractivity contribution in [3.63, 3.8) is 0 Å². The van der Waals surface area contributed by atoms with Gasteiger partial charge in [-0.15, -0.1) is 12.4 Å². The van der Waals surface area contributed by atoms with Gasteiger partial charge in [0.1, 0.15) is 0 Å². The number of hydrogen-bond donors (Lipinski definition) is 1. The first kappa shape index (κ1) is 15.0. The van der Waals surface area contributed by atoms with Crippen LogP contribution in [0.1, 0.15) is 41.6 Å². The number of hydrogen-bond acceptors (Lipinski definition) is 3. The van der Waals surface area contributed by atoms with Crippen LogP contribution >= 0.6 is 12.4 Å². The molecule has 0 saturated carbocycles. The van der Waals surface area contributed by atoms with Gasteiger partial charge in [-0.05, 0) is 56.5 Å². The molecule has 1 N–H and O–H groups in total. The van der Waals surface area contributed by atoms with E-state index in [2.05, 4.69) is 17.4 Å². The first-order chi connectivity index (χ1) is 8.31. The van der Waals surface area contributed by atoms with Gasteiger partial charge in [-0.2, -0.15) is 0 Å². The van der Waals surface area contributed by atoms with Crippen molar-refractivity contribution in [2.45, 2.75) is 25.7 Å². The smallest absolute Gasteiger partial charge is 0.338 e. The van der Waals surface area contributed by atoms with Crippen molar-refractivity contribution >= 4 is 18.4 Å². The van der Waals surface area contributed by atoms with Crippen LogP contribution in [-0.4, -0.2) is 25.7 Å². The molecule has 1 saturated heterocycles. The van der Waals surface area contributed by atoms with Gasteiger partial charge >= 0.3 is 5.97 Å². The third-order valence-corrected chi connectivity index (χ3v) is 3.23. The van der Waals surface area contributed by atoms with E-state index in [1.165, 1.54) is 18.4 Å². The molecule has 100 valence electrons. The fourth-order valence-electron chi connectivity index (χ4n) is 2.26. The quantitative estimate of drug-likeness (QED) is 0.858. The summed E-state index contributed by atoms with van der Waals surface area (Å²) in [5.41, 5.74) is 1.98. The Hall–Kier alpha value is -1.06. The molecule has 0 bridgehead atoms. The Bertz CT molecular complexity index is 372. The topological polar surface area (TPSA) is 38.3 Å². The molecule has 0 atom stereocenters. The van der Waals surface area contributed by atoms with Crippen molar-refractivity contribution in [3.8, 4) is 0 Å². The number of piperidine rings is 1. The van der Waals surface area contributed by atoms with Crippen molar-refractivity contribution in [2.75, 3.05) is 19.7 Å². The van der Waals surface area contributed by atoms with Crippen molar-refractivity contribution in [2.24, 2.45) is 0 Å². The summed E-state index contributed by atoms with van der Waals surface area (Å²) >= 11 is 0. The molecule has 0 amide bonds. The Morgan fingerprint density at radius 2 is 1.89 bits per heavy atom. The lowest BCUT2D eigenvalue weighted by Gasteiger charge is -2.23. The fraction of sp³-hybridized carbons (Fsp3) is 0.500. The van der Waals surface area contributed by atoms with E-state index in [9.17, 15) is 4.79 Å². The molecule has 3 nitrogen and oxygen atoms in total. The average molecular weight is 270 g/mol. The molecule has 4 heteroatoms. The minimum atomic E-state index is -0.232. The largest absolute Gasteiger partial charge is 0.462 e. The van der Waals surface area contributed by atoms with Gasteiger partial charge in [0.25, 0.3) is 0 Å². The van der Waals surface area contributed by atoms with Gasteiger partial charge in [-0.3, -0.25) is 0 Å². The molecule has 0 aromatic heterocycles. The predicted octanol–water partition coefficient (Wildman–Crippen LogP) is 2.75. The molecule has 1 aromatic carbocycles. The van der Waals surface area contributed by atoms with Crippen molar-refractivity contribution < 1.29 is 9.53 Å². The summed E-state index contributed by atoms with van der Waals surface area (Å²) < 4.78 is 4.96. The van der Waals surface area contributed by atoms with Crippen molar-refractivity contribution in [1.82, 2.24) is 5.32 Å². The number of benzene rings is 1. The van der Waals surface area contributed by atoms with Gasteiger partial charge in [0.15, 0.2) is 0 Å². The first-order valence-electron chi connectivity index (χ1n) is 6.29. The van der Waals surface area contributed by atoms with E-state index in [-0.39, 0.29) is 18.4 Å². The zero-order valence-corrected chi connectivity index (χ0v) is 11.5.